The predicted octanol–water partition coefficient (Wildman–Crippen LogP) is 14.4. The SMILES string of the molecule is c1ccc(-c2cc(-c3cccc(-c4ccccn4)c3)nc(-c3ccc4c(c3)C3c5ccccc5[C@H]4c4cc(-c5nc(-c6ccccc6)cc(-c6cccc(-c7ccccn7)c6)n5)ccc43)n2)cc1. The Kier molecular flexibility index (Phi) is 9.53. The van der Waals surface area contributed by atoms with Gasteiger partial charge in [-0.05, 0) is 94.0 Å². The van der Waals surface area contributed by atoms with E-state index in [9.17, 15) is 0 Å². The lowest BCUT2D eigenvalue weighted by Gasteiger charge is -2.42. The normalized spacial score (nSPS) is 14.2. The molecule has 14 rings (SSSR count). The number of benzene rings is 7. The fourth-order valence-electron chi connectivity index (χ4n) is 10.2. The standard InChI is InChI=1S/C62H40N6/c1-3-15-39(16-4-1)55-37-57(43-21-13-19-41(33-43)53-25-9-11-31-63-53)67-61(65-55)45-27-29-49-51(35-45)59-47-23-7-8-24-48(47)60(49)52-36-46(28-30-50(52)59)62-66-56(40-17-5-2-6-18-40)38-58(68-62)44-22-14-20-42(34-44)54-26-10-12-32-64-54/h1-38,59-60H/t59-,60?/m1/s1. The zero-order chi connectivity index (χ0) is 45.0. The average molecular weight is 869 g/mol. The van der Waals surface area contributed by atoms with E-state index in [1.54, 1.807) is 0 Å². The predicted molar refractivity (Wildman–Crippen MR) is 271 cm³/mol. The summed E-state index contributed by atoms with van der Waals surface area (Å²) < 4.78 is 0. The first-order valence-electron chi connectivity index (χ1n) is 23.0. The maximum Gasteiger partial charge on any atom is 0.160 e. The molecule has 2 bridgehead atoms. The summed E-state index contributed by atoms with van der Waals surface area (Å²) in [6.45, 7) is 0. The topological polar surface area (TPSA) is 77.3 Å². The number of nitrogens with zero attached hydrogens (tertiary/aromatic N) is 6. The Labute approximate surface area is 394 Å². The van der Waals surface area contributed by atoms with E-state index in [2.05, 4.69) is 180 Å². The maximum atomic E-state index is 5.31. The van der Waals surface area contributed by atoms with Gasteiger partial charge in [0.2, 0.25) is 0 Å². The summed E-state index contributed by atoms with van der Waals surface area (Å²) in [7, 11) is 0. The molecular formula is C62H40N6. The molecule has 0 fully saturated rings. The van der Waals surface area contributed by atoms with Crippen LogP contribution in [0.2, 0.25) is 0 Å². The molecule has 0 amide bonds. The van der Waals surface area contributed by atoms with Gasteiger partial charge in [0.1, 0.15) is 0 Å². The van der Waals surface area contributed by atoms with Crippen molar-refractivity contribution in [3.63, 3.8) is 0 Å². The van der Waals surface area contributed by atoms with Crippen LogP contribution >= 0.6 is 0 Å². The summed E-state index contributed by atoms with van der Waals surface area (Å²) in [5.41, 5.74) is 21.3. The number of aromatic nitrogens is 6. The second-order valence-electron chi connectivity index (χ2n) is 17.4. The van der Waals surface area contributed by atoms with Crippen LogP contribution in [0.3, 0.4) is 0 Å². The smallest absolute Gasteiger partial charge is 0.160 e. The number of rotatable bonds is 8. The first-order chi connectivity index (χ1) is 33.7. The number of hydrogen-bond donors (Lipinski definition) is 0. The van der Waals surface area contributed by atoms with Crippen molar-refractivity contribution in [3.8, 4) is 90.3 Å². The molecule has 0 saturated carbocycles. The molecule has 318 valence electrons. The van der Waals surface area contributed by atoms with Gasteiger partial charge in [0.15, 0.2) is 11.6 Å². The molecule has 0 aliphatic heterocycles. The average Bonchev–Trinajstić information content (AvgIpc) is 3.43. The summed E-state index contributed by atoms with van der Waals surface area (Å²) in [4.78, 5) is 30.4. The van der Waals surface area contributed by atoms with Crippen LogP contribution in [0, 0.1) is 0 Å². The molecule has 6 heteroatoms. The first-order valence-corrected chi connectivity index (χ1v) is 23.0. The molecule has 1 unspecified atom stereocenters. The van der Waals surface area contributed by atoms with Crippen LogP contribution in [0.1, 0.15) is 45.2 Å². The Balaban J connectivity index is 0.922. The van der Waals surface area contributed by atoms with Crippen molar-refractivity contribution in [2.24, 2.45) is 0 Å². The lowest BCUT2D eigenvalue weighted by molar-refractivity contribution is 0.754. The zero-order valence-corrected chi connectivity index (χ0v) is 36.8. The Bertz CT molecular complexity index is 3440. The summed E-state index contributed by atoms with van der Waals surface area (Å²) in [5.74, 6) is 1.44. The van der Waals surface area contributed by atoms with E-state index in [0.717, 1.165) is 78.7 Å². The van der Waals surface area contributed by atoms with Gasteiger partial charge in [-0.3, -0.25) is 9.97 Å². The lowest BCUT2D eigenvalue weighted by atomic mass is 9.61. The van der Waals surface area contributed by atoms with Gasteiger partial charge in [0.05, 0.1) is 34.2 Å². The molecule has 4 aromatic heterocycles. The van der Waals surface area contributed by atoms with E-state index >= 15 is 0 Å². The molecule has 0 radical (unpaired) electrons. The van der Waals surface area contributed by atoms with E-state index in [1.165, 1.54) is 33.4 Å². The third-order valence-corrected chi connectivity index (χ3v) is 13.4. The van der Waals surface area contributed by atoms with Gasteiger partial charge in [0.25, 0.3) is 0 Å². The van der Waals surface area contributed by atoms with Gasteiger partial charge >= 0.3 is 0 Å². The van der Waals surface area contributed by atoms with Crippen LogP contribution in [0.5, 0.6) is 0 Å². The minimum absolute atomic E-state index is 0.0310. The van der Waals surface area contributed by atoms with E-state index in [4.69, 9.17) is 19.9 Å². The van der Waals surface area contributed by atoms with Crippen molar-refractivity contribution in [2.45, 2.75) is 11.8 Å². The van der Waals surface area contributed by atoms with Crippen LogP contribution < -0.4 is 0 Å². The molecule has 0 N–H and O–H groups in total. The van der Waals surface area contributed by atoms with Crippen molar-refractivity contribution in [2.75, 3.05) is 0 Å². The maximum absolute atomic E-state index is 5.31. The molecule has 4 heterocycles. The highest BCUT2D eigenvalue weighted by molar-refractivity contribution is 5.79. The Morgan fingerprint density at radius 1 is 0.221 bits per heavy atom. The Morgan fingerprint density at radius 3 is 0.985 bits per heavy atom. The van der Waals surface area contributed by atoms with E-state index in [-0.39, 0.29) is 11.8 Å². The number of hydrogen-bond acceptors (Lipinski definition) is 6. The zero-order valence-electron chi connectivity index (χ0n) is 36.8. The highest BCUT2D eigenvalue weighted by Gasteiger charge is 2.41. The minimum Gasteiger partial charge on any atom is -0.256 e. The van der Waals surface area contributed by atoms with Gasteiger partial charge in [0, 0.05) is 68.7 Å². The van der Waals surface area contributed by atoms with E-state index in [1.807, 2.05) is 60.9 Å². The van der Waals surface area contributed by atoms with Crippen LogP contribution in [0.15, 0.2) is 231 Å². The van der Waals surface area contributed by atoms with Crippen LogP contribution in [-0.2, 0) is 0 Å². The summed E-state index contributed by atoms with van der Waals surface area (Å²) >= 11 is 0. The number of pyridine rings is 2. The molecule has 0 spiro atoms. The van der Waals surface area contributed by atoms with Crippen LogP contribution in [0.25, 0.3) is 90.3 Å². The highest BCUT2D eigenvalue weighted by atomic mass is 14.9. The fourth-order valence-corrected chi connectivity index (χ4v) is 10.2. The molecule has 3 aliphatic carbocycles. The summed E-state index contributed by atoms with van der Waals surface area (Å²) in [5, 5.41) is 0. The second-order valence-corrected chi connectivity index (χ2v) is 17.4. The third-order valence-electron chi connectivity index (χ3n) is 13.4. The Hall–Kier alpha value is -9.00. The van der Waals surface area contributed by atoms with Gasteiger partial charge in [-0.25, -0.2) is 19.9 Å². The van der Waals surface area contributed by atoms with Crippen LogP contribution in [0.4, 0.5) is 0 Å². The van der Waals surface area contributed by atoms with Gasteiger partial charge in [-0.1, -0.05) is 158 Å². The summed E-state index contributed by atoms with van der Waals surface area (Å²) in [6.07, 6.45) is 3.66. The minimum atomic E-state index is 0.0310. The lowest BCUT2D eigenvalue weighted by Crippen LogP contribution is -2.27. The molecule has 2 atom stereocenters. The van der Waals surface area contributed by atoms with Crippen molar-refractivity contribution in [3.05, 3.63) is 264 Å². The molecule has 0 saturated heterocycles. The molecule has 3 aliphatic rings. The molecule has 11 aromatic rings. The van der Waals surface area contributed by atoms with Gasteiger partial charge < -0.3 is 0 Å². The quantitative estimate of drug-likeness (QED) is 0.151. The highest BCUT2D eigenvalue weighted by Crippen LogP contribution is 2.56. The Morgan fingerprint density at radius 2 is 0.574 bits per heavy atom. The van der Waals surface area contributed by atoms with Crippen molar-refractivity contribution < 1.29 is 0 Å². The molecule has 6 nitrogen and oxygen atoms in total. The van der Waals surface area contributed by atoms with E-state index in [0.29, 0.717) is 11.6 Å². The second kappa shape index (κ2) is 16.5. The van der Waals surface area contributed by atoms with Crippen molar-refractivity contribution in [1.29, 1.82) is 0 Å². The van der Waals surface area contributed by atoms with Crippen molar-refractivity contribution >= 4 is 0 Å². The van der Waals surface area contributed by atoms with E-state index < -0.39 is 0 Å². The van der Waals surface area contributed by atoms with Gasteiger partial charge in [-0.15, -0.1) is 0 Å². The first kappa shape index (κ1) is 39.4. The van der Waals surface area contributed by atoms with Gasteiger partial charge in [-0.2, -0.15) is 0 Å². The summed E-state index contributed by atoms with van der Waals surface area (Å²) in [6, 6.07) is 76.5. The van der Waals surface area contributed by atoms with Crippen LogP contribution in [-0.4, -0.2) is 29.9 Å². The largest absolute Gasteiger partial charge is 0.256 e. The molecular weight excluding hydrogens is 829 g/mol. The molecule has 68 heavy (non-hydrogen) atoms. The third kappa shape index (κ3) is 6.98. The van der Waals surface area contributed by atoms with Crippen molar-refractivity contribution in [1.82, 2.24) is 29.9 Å². The fraction of sp³-hybridized carbons (Fsp3) is 0.0323. The monoisotopic (exact) mass is 868 g/mol. The molecule has 7 aromatic carbocycles.